The minimum Gasteiger partial charge on any atom is -0.367 e. The van der Waals surface area contributed by atoms with E-state index < -0.39 is 12.3 Å². The summed E-state index contributed by atoms with van der Waals surface area (Å²) in [6.07, 6.45) is -5.87. The summed E-state index contributed by atoms with van der Waals surface area (Å²) < 4.78 is 42.5. The van der Waals surface area contributed by atoms with E-state index in [-0.39, 0.29) is 5.56 Å². The lowest BCUT2D eigenvalue weighted by Crippen LogP contribution is -2.24. The van der Waals surface area contributed by atoms with E-state index >= 15 is 0 Å². The Labute approximate surface area is 92.2 Å². The van der Waals surface area contributed by atoms with Crippen molar-refractivity contribution in [3.8, 4) is 0 Å². The van der Waals surface area contributed by atoms with Gasteiger partial charge in [0.25, 0.3) is 0 Å². The van der Waals surface area contributed by atoms with Crippen molar-refractivity contribution in [2.45, 2.75) is 18.7 Å². The van der Waals surface area contributed by atoms with E-state index in [1.165, 1.54) is 6.07 Å². The maximum Gasteiger partial charge on any atom is 0.418 e. The van der Waals surface area contributed by atoms with E-state index in [0.717, 1.165) is 7.11 Å². The molecule has 0 spiro atoms. The van der Waals surface area contributed by atoms with Gasteiger partial charge in [0.05, 0.1) is 0 Å². The number of benzene rings is 1. The Bertz CT molecular complexity index is 338. The molecular weight excluding hydrogens is 219 g/mol. The van der Waals surface area contributed by atoms with Gasteiger partial charge in [0.2, 0.25) is 0 Å². The van der Waals surface area contributed by atoms with Gasteiger partial charge < -0.3 is 10.5 Å². The summed E-state index contributed by atoms with van der Waals surface area (Å²) in [6, 6.07) is 6.32. The number of hydrogen-bond acceptors (Lipinski definition) is 2. The molecule has 1 aromatic rings. The number of halogens is 3. The second-order valence-corrected chi connectivity index (χ2v) is 3.39. The molecule has 0 aliphatic rings. The average Bonchev–Trinajstić information content (AvgIpc) is 2.20. The monoisotopic (exact) mass is 233 g/mol. The van der Waals surface area contributed by atoms with Crippen LogP contribution in [-0.2, 0) is 11.2 Å². The first-order valence-corrected chi connectivity index (χ1v) is 4.88. The fraction of sp³-hybridized carbons (Fsp3) is 0.455. The van der Waals surface area contributed by atoms with Gasteiger partial charge in [-0.15, -0.1) is 0 Å². The highest BCUT2D eigenvalue weighted by molar-refractivity contribution is 5.30. The van der Waals surface area contributed by atoms with Crippen LogP contribution >= 0.6 is 0 Å². The highest BCUT2D eigenvalue weighted by Crippen LogP contribution is 2.36. The zero-order chi connectivity index (χ0) is 12.2. The van der Waals surface area contributed by atoms with Crippen LogP contribution < -0.4 is 5.73 Å². The topological polar surface area (TPSA) is 35.2 Å². The maximum atomic E-state index is 12.7. The molecule has 0 fully saturated rings. The highest BCUT2D eigenvalue weighted by Gasteiger charge is 2.41. The molecular formula is C11H14F3NO. The van der Waals surface area contributed by atoms with Gasteiger partial charge in [0.15, 0.2) is 6.10 Å². The van der Waals surface area contributed by atoms with Gasteiger partial charge in [0.1, 0.15) is 0 Å². The lowest BCUT2D eigenvalue weighted by molar-refractivity contribution is -0.216. The molecule has 0 saturated heterocycles. The van der Waals surface area contributed by atoms with Crippen LogP contribution in [-0.4, -0.2) is 19.8 Å². The number of nitrogens with two attached hydrogens (primary N) is 1. The first-order valence-electron chi connectivity index (χ1n) is 4.88. The van der Waals surface area contributed by atoms with Crippen LogP contribution in [0.2, 0.25) is 0 Å². The van der Waals surface area contributed by atoms with E-state index in [1.54, 1.807) is 18.2 Å². The first-order chi connectivity index (χ1) is 7.50. The summed E-state index contributed by atoms with van der Waals surface area (Å²) in [6.45, 7) is 0.311. The summed E-state index contributed by atoms with van der Waals surface area (Å²) in [4.78, 5) is 0. The second kappa shape index (κ2) is 5.32. The smallest absolute Gasteiger partial charge is 0.367 e. The highest BCUT2D eigenvalue weighted by atomic mass is 19.4. The van der Waals surface area contributed by atoms with Crippen LogP contribution in [0.25, 0.3) is 0 Å². The van der Waals surface area contributed by atoms with Crippen LogP contribution in [0, 0.1) is 0 Å². The van der Waals surface area contributed by atoms with E-state index in [1.807, 2.05) is 0 Å². The molecule has 0 aliphatic heterocycles. The standard InChI is InChI=1S/C11H14F3NO/c1-16-10(11(12,13)14)9-5-3-2-4-8(9)6-7-15/h2-5,10H,6-7,15H2,1H3. The molecule has 0 radical (unpaired) electrons. The third kappa shape index (κ3) is 2.96. The van der Waals surface area contributed by atoms with Crippen LogP contribution in [0.5, 0.6) is 0 Å². The number of hydrogen-bond donors (Lipinski definition) is 1. The van der Waals surface area contributed by atoms with E-state index in [2.05, 4.69) is 4.74 Å². The van der Waals surface area contributed by atoms with Gasteiger partial charge in [-0.3, -0.25) is 0 Å². The molecule has 0 aliphatic carbocycles. The van der Waals surface area contributed by atoms with Gasteiger partial charge in [-0.05, 0) is 24.1 Å². The van der Waals surface area contributed by atoms with Crippen molar-refractivity contribution in [3.63, 3.8) is 0 Å². The third-order valence-corrected chi connectivity index (χ3v) is 2.28. The Balaban J connectivity index is 3.09. The van der Waals surface area contributed by atoms with Crippen LogP contribution in [0.1, 0.15) is 17.2 Å². The third-order valence-electron chi connectivity index (χ3n) is 2.28. The molecule has 1 atom stereocenters. The van der Waals surface area contributed by atoms with Gasteiger partial charge in [0, 0.05) is 7.11 Å². The molecule has 2 N–H and O–H groups in total. The molecule has 0 bridgehead atoms. The van der Waals surface area contributed by atoms with Crippen molar-refractivity contribution >= 4 is 0 Å². The molecule has 1 aromatic carbocycles. The Morgan fingerprint density at radius 3 is 2.44 bits per heavy atom. The Hall–Kier alpha value is -1.07. The molecule has 1 rings (SSSR count). The maximum absolute atomic E-state index is 12.7. The van der Waals surface area contributed by atoms with Crippen molar-refractivity contribution in [3.05, 3.63) is 35.4 Å². The van der Waals surface area contributed by atoms with Crippen LogP contribution in [0.3, 0.4) is 0 Å². The summed E-state index contributed by atoms with van der Waals surface area (Å²) in [5.41, 5.74) is 6.08. The number of alkyl halides is 3. The molecule has 0 amide bonds. The molecule has 16 heavy (non-hydrogen) atoms. The zero-order valence-electron chi connectivity index (χ0n) is 8.92. The van der Waals surface area contributed by atoms with Crippen molar-refractivity contribution in [1.29, 1.82) is 0 Å². The van der Waals surface area contributed by atoms with Gasteiger partial charge in [-0.1, -0.05) is 24.3 Å². The van der Waals surface area contributed by atoms with E-state index in [9.17, 15) is 13.2 Å². The average molecular weight is 233 g/mol. The fourth-order valence-electron chi connectivity index (χ4n) is 1.61. The number of methoxy groups -OCH3 is 1. The van der Waals surface area contributed by atoms with E-state index in [0.29, 0.717) is 18.5 Å². The normalized spacial score (nSPS) is 13.8. The largest absolute Gasteiger partial charge is 0.418 e. The molecule has 1 unspecified atom stereocenters. The predicted octanol–water partition coefficient (Wildman–Crippen LogP) is 2.44. The number of ether oxygens (including phenoxy) is 1. The zero-order valence-corrected chi connectivity index (χ0v) is 8.92. The van der Waals surface area contributed by atoms with Gasteiger partial charge in [-0.25, -0.2) is 0 Å². The summed E-state index contributed by atoms with van der Waals surface area (Å²) in [5.74, 6) is 0. The quantitative estimate of drug-likeness (QED) is 0.866. The Morgan fingerprint density at radius 2 is 1.94 bits per heavy atom. The summed E-state index contributed by atoms with van der Waals surface area (Å²) >= 11 is 0. The molecule has 0 heterocycles. The Kier molecular flexibility index (Phi) is 4.32. The molecule has 5 heteroatoms. The molecule has 2 nitrogen and oxygen atoms in total. The minimum atomic E-state index is -4.40. The predicted molar refractivity (Wildman–Crippen MR) is 55.0 cm³/mol. The number of rotatable bonds is 4. The van der Waals surface area contributed by atoms with Crippen LogP contribution in [0.15, 0.2) is 24.3 Å². The Morgan fingerprint density at radius 1 is 1.31 bits per heavy atom. The van der Waals surface area contributed by atoms with Crippen molar-refractivity contribution < 1.29 is 17.9 Å². The SMILES string of the molecule is COC(c1ccccc1CCN)C(F)(F)F. The first kappa shape index (κ1) is 13.0. The van der Waals surface area contributed by atoms with Crippen LogP contribution in [0.4, 0.5) is 13.2 Å². The van der Waals surface area contributed by atoms with Gasteiger partial charge >= 0.3 is 6.18 Å². The summed E-state index contributed by atoms with van der Waals surface area (Å²) in [5, 5.41) is 0. The summed E-state index contributed by atoms with van der Waals surface area (Å²) in [7, 11) is 1.05. The molecule has 0 aromatic heterocycles. The fourth-order valence-corrected chi connectivity index (χ4v) is 1.61. The van der Waals surface area contributed by atoms with Crippen molar-refractivity contribution in [1.82, 2.24) is 0 Å². The lowest BCUT2D eigenvalue weighted by atomic mass is 9.99. The van der Waals surface area contributed by atoms with Crippen molar-refractivity contribution in [2.75, 3.05) is 13.7 Å². The van der Waals surface area contributed by atoms with Gasteiger partial charge in [-0.2, -0.15) is 13.2 Å². The van der Waals surface area contributed by atoms with Crippen molar-refractivity contribution in [2.24, 2.45) is 5.73 Å². The lowest BCUT2D eigenvalue weighted by Gasteiger charge is -2.21. The second-order valence-electron chi connectivity index (χ2n) is 3.39. The minimum absolute atomic E-state index is 0.142. The molecule has 0 saturated carbocycles. The molecule has 90 valence electrons. The van der Waals surface area contributed by atoms with E-state index in [4.69, 9.17) is 5.73 Å².